The van der Waals surface area contributed by atoms with E-state index in [1.54, 1.807) is 42.0 Å². The van der Waals surface area contributed by atoms with Crippen molar-refractivity contribution in [1.29, 1.82) is 0 Å². The van der Waals surface area contributed by atoms with Gasteiger partial charge in [-0.3, -0.25) is 14.2 Å². The van der Waals surface area contributed by atoms with Gasteiger partial charge in [0.25, 0.3) is 5.91 Å². The van der Waals surface area contributed by atoms with Crippen molar-refractivity contribution in [2.75, 3.05) is 4.90 Å². The third-order valence-electron chi connectivity index (χ3n) is 5.37. The van der Waals surface area contributed by atoms with E-state index in [2.05, 4.69) is 10.5 Å². The van der Waals surface area contributed by atoms with Crippen molar-refractivity contribution in [2.24, 2.45) is 5.18 Å². The first-order valence-corrected chi connectivity index (χ1v) is 9.57. The number of carbonyl (C=O) groups is 3. The predicted molar refractivity (Wildman–Crippen MR) is 112 cm³/mol. The number of nitroso groups, excluding NO2 is 1. The molecule has 4 rings (SSSR count). The number of imide groups is 1. The van der Waals surface area contributed by atoms with Crippen LogP contribution < -0.4 is 10.2 Å². The third kappa shape index (κ3) is 3.26. The highest BCUT2D eigenvalue weighted by Crippen LogP contribution is 2.27. The van der Waals surface area contributed by atoms with Crippen molar-refractivity contribution >= 4 is 34.4 Å². The van der Waals surface area contributed by atoms with Gasteiger partial charge in [0.05, 0.1) is 11.2 Å². The Morgan fingerprint density at radius 2 is 1.83 bits per heavy atom. The molecule has 0 aliphatic carbocycles. The van der Waals surface area contributed by atoms with Crippen LogP contribution in [0.4, 0.5) is 10.5 Å². The second-order valence-corrected chi connectivity index (χ2v) is 7.31. The lowest BCUT2D eigenvalue weighted by atomic mass is 10.0. The predicted octanol–water partition coefficient (Wildman–Crippen LogP) is 3.80. The van der Waals surface area contributed by atoms with E-state index >= 15 is 0 Å². The molecule has 0 saturated carbocycles. The molecule has 1 saturated heterocycles. The second-order valence-electron chi connectivity index (χ2n) is 7.31. The van der Waals surface area contributed by atoms with Crippen molar-refractivity contribution < 1.29 is 14.4 Å². The summed E-state index contributed by atoms with van der Waals surface area (Å²) >= 11 is 0. The number of amides is 3. The molecule has 2 aromatic carbocycles. The molecular formula is C22H20N4O4. The lowest BCUT2D eigenvalue weighted by molar-refractivity contribution is -0.118. The highest BCUT2D eigenvalue weighted by atomic mass is 16.3. The SMILES string of the molecule is CC(=O)n1cc(CC2NC(=O)N(c3ccc(C(C)N=O)cc3)C2=O)c2ccccc21. The van der Waals surface area contributed by atoms with Crippen molar-refractivity contribution in [2.45, 2.75) is 32.4 Å². The number of carbonyl (C=O) groups excluding carboxylic acids is 3. The number of rotatable bonds is 5. The summed E-state index contributed by atoms with van der Waals surface area (Å²) in [6, 6.07) is 12.3. The van der Waals surface area contributed by atoms with Crippen molar-refractivity contribution in [3.05, 3.63) is 70.8 Å². The Labute approximate surface area is 172 Å². The van der Waals surface area contributed by atoms with Gasteiger partial charge in [-0.25, -0.2) is 9.69 Å². The molecule has 2 heterocycles. The zero-order valence-corrected chi connectivity index (χ0v) is 16.5. The van der Waals surface area contributed by atoms with E-state index < -0.39 is 18.1 Å². The van der Waals surface area contributed by atoms with Crippen molar-refractivity contribution in [3.63, 3.8) is 0 Å². The molecule has 0 radical (unpaired) electrons. The summed E-state index contributed by atoms with van der Waals surface area (Å²) in [5, 5.41) is 6.57. The van der Waals surface area contributed by atoms with Crippen LogP contribution in [0.1, 0.15) is 35.8 Å². The fourth-order valence-corrected chi connectivity index (χ4v) is 3.77. The Morgan fingerprint density at radius 1 is 1.13 bits per heavy atom. The van der Waals surface area contributed by atoms with E-state index in [0.29, 0.717) is 11.3 Å². The molecule has 8 nitrogen and oxygen atoms in total. The van der Waals surface area contributed by atoms with Gasteiger partial charge in [0, 0.05) is 24.9 Å². The molecule has 3 aromatic rings. The van der Waals surface area contributed by atoms with E-state index in [9.17, 15) is 19.3 Å². The molecule has 2 atom stereocenters. The maximum absolute atomic E-state index is 13.0. The smallest absolute Gasteiger partial charge is 0.325 e. The second kappa shape index (κ2) is 7.55. The quantitative estimate of drug-likeness (QED) is 0.516. The summed E-state index contributed by atoms with van der Waals surface area (Å²) < 4.78 is 1.55. The standard InChI is InChI=1S/C22H20N4O4/c1-13(24-30)15-7-9-17(10-8-15)26-21(28)19(23-22(26)29)11-16-12-25(14(2)27)20-6-4-3-5-18(16)20/h3-10,12-13,19H,11H2,1-2H3,(H,23,29). The van der Waals surface area contributed by atoms with E-state index in [1.165, 1.54) is 6.92 Å². The number of para-hydroxylation sites is 1. The molecule has 1 fully saturated rings. The van der Waals surface area contributed by atoms with Crippen LogP contribution in [-0.2, 0) is 11.2 Å². The largest absolute Gasteiger partial charge is 0.329 e. The molecule has 1 N–H and O–H groups in total. The minimum absolute atomic E-state index is 0.125. The van der Waals surface area contributed by atoms with Crippen LogP contribution in [0.5, 0.6) is 0 Å². The fraction of sp³-hybridized carbons (Fsp3) is 0.227. The topological polar surface area (TPSA) is 101 Å². The molecular weight excluding hydrogens is 384 g/mol. The van der Waals surface area contributed by atoms with Crippen LogP contribution in [0.15, 0.2) is 59.9 Å². The molecule has 0 spiro atoms. The number of fused-ring (bicyclic) bond motifs is 1. The average molecular weight is 404 g/mol. The Bertz CT molecular complexity index is 1170. The summed E-state index contributed by atoms with van der Waals surface area (Å²) in [6.45, 7) is 3.15. The van der Waals surface area contributed by atoms with Crippen LogP contribution >= 0.6 is 0 Å². The molecule has 152 valence electrons. The normalized spacial score (nSPS) is 17.3. The molecule has 2 unspecified atom stereocenters. The minimum atomic E-state index is -0.737. The van der Waals surface area contributed by atoms with Gasteiger partial charge >= 0.3 is 6.03 Å². The Balaban J connectivity index is 1.60. The lowest BCUT2D eigenvalue weighted by Gasteiger charge is -2.14. The van der Waals surface area contributed by atoms with Crippen LogP contribution in [0.2, 0.25) is 0 Å². The number of nitrogens with one attached hydrogen (secondary N) is 1. The van der Waals surface area contributed by atoms with Crippen LogP contribution in [0, 0.1) is 4.91 Å². The van der Waals surface area contributed by atoms with E-state index in [4.69, 9.17) is 0 Å². The Morgan fingerprint density at radius 3 is 2.50 bits per heavy atom. The van der Waals surface area contributed by atoms with Gasteiger partial charge in [0.1, 0.15) is 12.1 Å². The fourth-order valence-electron chi connectivity index (χ4n) is 3.77. The highest BCUT2D eigenvalue weighted by molar-refractivity contribution is 6.21. The Kier molecular flexibility index (Phi) is 4.91. The molecule has 0 bridgehead atoms. The van der Waals surface area contributed by atoms with Gasteiger partial charge in [0.15, 0.2) is 0 Å². The summed E-state index contributed by atoms with van der Waals surface area (Å²) in [5.41, 5.74) is 2.70. The summed E-state index contributed by atoms with van der Waals surface area (Å²) in [4.78, 5) is 49.2. The molecule has 3 amide bonds. The summed E-state index contributed by atoms with van der Waals surface area (Å²) in [7, 11) is 0. The number of nitrogens with zero attached hydrogens (tertiary/aromatic N) is 3. The number of hydrogen-bond acceptors (Lipinski definition) is 5. The zero-order valence-electron chi connectivity index (χ0n) is 16.5. The van der Waals surface area contributed by atoms with Crippen molar-refractivity contribution in [3.8, 4) is 0 Å². The average Bonchev–Trinajstić information content (AvgIpc) is 3.25. The van der Waals surface area contributed by atoms with E-state index in [-0.39, 0.29) is 18.2 Å². The van der Waals surface area contributed by atoms with Crippen LogP contribution in [0.3, 0.4) is 0 Å². The molecule has 1 aromatic heterocycles. The van der Waals surface area contributed by atoms with E-state index in [1.807, 2.05) is 24.3 Å². The van der Waals surface area contributed by atoms with Gasteiger partial charge in [0.2, 0.25) is 5.91 Å². The molecule has 1 aliphatic heterocycles. The first-order valence-electron chi connectivity index (χ1n) is 9.57. The monoisotopic (exact) mass is 404 g/mol. The van der Waals surface area contributed by atoms with Gasteiger partial charge in [-0.15, -0.1) is 0 Å². The summed E-state index contributed by atoms with van der Waals surface area (Å²) in [6.07, 6.45) is 1.99. The number of aromatic nitrogens is 1. The van der Waals surface area contributed by atoms with Crippen LogP contribution in [0.25, 0.3) is 10.9 Å². The molecule has 1 aliphatic rings. The molecule has 30 heavy (non-hydrogen) atoms. The highest BCUT2D eigenvalue weighted by Gasteiger charge is 2.39. The number of hydrogen-bond donors (Lipinski definition) is 1. The number of urea groups is 1. The van der Waals surface area contributed by atoms with Gasteiger partial charge in [-0.2, -0.15) is 4.91 Å². The Hall–Kier alpha value is -3.81. The maximum Gasteiger partial charge on any atom is 0.329 e. The van der Waals surface area contributed by atoms with Crippen molar-refractivity contribution in [1.82, 2.24) is 9.88 Å². The van der Waals surface area contributed by atoms with Crippen LogP contribution in [-0.4, -0.2) is 28.5 Å². The maximum atomic E-state index is 13.0. The zero-order chi connectivity index (χ0) is 21.4. The van der Waals surface area contributed by atoms with E-state index in [0.717, 1.165) is 21.4 Å². The summed E-state index contributed by atoms with van der Waals surface area (Å²) in [5.74, 6) is -0.492. The van der Waals surface area contributed by atoms with Gasteiger partial charge in [-0.1, -0.05) is 35.5 Å². The van der Waals surface area contributed by atoms with Gasteiger partial charge < -0.3 is 5.32 Å². The lowest BCUT2D eigenvalue weighted by Crippen LogP contribution is -2.32. The molecule has 8 heteroatoms. The first-order chi connectivity index (χ1) is 14.4. The minimum Gasteiger partial charge on any atom is -0.325 e. The third-order valence-corrected chi connectivity index (χ3v) is 5.37. The number of anilines is 1. The first kappa shape index (κ1) is 19.5. The van der Waals surface area contributed by atoms with Gasteiger partial charge in [-0.05, 0) is 36.2 Å². The number of benzene rings is 2.